The summed E-state index contributed by atoms with van der Waals surface area (Å²) < 4.78 is 8.91. The molecule has 0 aliphatic carbocycles. The van der Waals surface area contributed by atoms with E-state index in [9.17, 15) is 4.79 Å². The lowest BCUT2D eigenvalue weighted by Crippen LogP contribution is -2.04. The smallest absolute Gasteiger partial charge is 0.208 e. The molecule has 2 aromatic rings. The molecule has 0 aliphatic rings. The van der Waals surface area contributed by atoms with Crippen molar-refractivity contribution in [3.8, 4) is 5.75 Å². The summed E-state index contributed by atoms with van der Waals surface area (Å²) in [6.45, 7) is 2.04. The summed E-state index contributed by atoms with van der Waals surface area (Å²) in [5.74, 6) is 0.468. The maximum Gasteiger partial charge on any atom is 0.208 e. The van der Waals surface area contributed by atoms with Crippen LogP contribution in [0.4, 0.5) is 0 Å². The van der Waals surface area contributed by atoms with Crippen molar-refractivity contribution in [1.29, 1.82) is 0 Å². The average Bonchev–Trinajstić information content (AvgIpc) is 2.86. The van der Waals surface area contributed by atoms with Crippen LogP contribution in [0.25, 0.3) is 0 Å². The number of carbonyl (C=O) groups excluding carboxylic acids is 1. The fraction of sp³-hybridized carbons (Fsp3) is 0.333. The van der Waals surface area contributed by atoms with E-state index in [-0.39, 0.29) is 5.78 Å². The zero-order valence-electron chi connectivity index (χ0n) is 10.2. The molecule has 0 saturated carbocycles. The van der Waals surface area contributed by atoms with Crippen molar-refractivity contribution in [3.63, 3.8) is 0 Å². The Kier molecular flexibility index (Phi) is 3.99. The molecule has 2 aromatic heterocycles. The average molecular weight is 263 g/mol. The van der Waals surface area contributed by atoms with Gasteiger partial charge < -0.3 is 4.74 Å². The van der Waals surface area contributed by atoms with E-state index in [4.69, 9.17) is 4.74 Å². The highest BCUT2D eigenvalue weighted by Crippen LogP contribution is 2.19. The molecule has 0 radical (unpaired) electrons. The Balaban J connectivity index is 2.32. The van der Waals surface area contributed by atoms with Gasteiger partial charge in [-0.3, -0.25) is 9.78 Å². The van der Waals surface area contributed by atoms with Gasteiger partial charge in [-0.25, -0.2) is 0 Å². The minimum Gasteiger partial charge on any atom is -0.495 e. The summed E-state index contributed by atoms with van der Waals surface area (Å²) in [5, 5.41) is 3.99. The van der Waals surface area contributed by atoms with Crippen LogP contribution in [0.3, 0.4) is 0 Å². The minimum atomic E-state index is -0.0974. The summed E-state index contributed by atoms with van der Waals surface area (Å²) in [7, 11) is 1.54. The maximum absolute atomic E-state index is 12.3. The van der Waals surface area contributed by atoms with Gasteiger partial charge in [-0.15, -0.1) is 5.10 Å². The Morgan fingerprint density at radius 2 is 2.28 bits per heavy atom. The van der Waals surface area contributed by atoms with E-state index in [0.717, 1.165) is 30.1 Å². The second kappa shape index (κ2) is 5.68. The number of ketones is 1. The van der Waals surface area contributed by atoms with Gasteiger partial charge in [0, 0.05) is 11.8 Å². The van der Waals surface area contributed by atoms with Crippen LogP contribution in [0.1, 0.15) is 34.3 Å². The predicted octanol–water partition coefficient (Wildman–Crippen LogP) is 2.13. The SMILES string of the molecule is CCCc1nnsc1C(=O)c1cncc(OC)c1. The molecule has 0 bridgehead atoms. The largest absolute Gasteiger partial charge is 0.495 e. The summed E-state index contributed by atoms with van der Waals surface area (Å²) in [4.78, 5) is 16.9. The first-order valence-electron chi connectivity index (χ1n) is 5.61. The summed E-state index contributed by atoms with van der Waals surface area (Å²) >= 11 is 1.13. The van der Waals surface area contributed by atoms with Crippen molar-refractivity contribution in [2.45, 2.75) is 19.8 Å². The van der Waals surface area contributed by atoms with E-state index in [1.807, 2.05) is 6.92 Å². The molecule has 0 unspecified atom stereocenters. The van der Waals surface area contributed by atoms with Gasteiger partial charge in [0.1, 0.15) is 10.6 Å². The molecule has 6 heteroatoms. The first-order chi connectivity index (χ1) is 8.76. The molecule has 0 aliphatic heterocycles. The molecule has 18 heavy (non-hydrogen) atoms. The number of nitrogens with zero attached hydrogens (tertiary/aromatic N) is 3. The highest BCUT2D eigenvalue weighted by atomic mass is 32.1. The molecule has 2 heterocycles. The Hall–Kier alpha value is -1.82. The van der Waals surface area contributed by atoms with Crippen molar-refractivity contribution in [2.24, 2.45) is 0 Å². The molecule has 0 fully saturated rings. The Bertz CT molecular complexity index is 554. The first kappa shape index (κ1) is 12.6. The van der Waals surface area contributed by atoms with Gasteiger partial charge in [-0.05, 0) is 24.0 Å². The van der Waals surface area contributed by atoms with Crippen LogP contribution in [-0.2, 0) is 6.42 Å². The van der Waals surface area contributed by atoms with Gasteiger partial charge >= 0.3 is 0 Å². The van der Waals surface area contributed by atoms with Crippen LogP contribution in [0.15, 0.2) is 18.5 Å². The van der Waals surface area contributed by atoms with Gasteiger partial charge in [-0.2, -0.15) is 0 Å². The molecule has 0 aromatic carbocycles. The number of aromatic nitrogens is 3. The third-order valence-electron chi connectivity index (χ3n) is 2.46. The normalized spacial score (nSPS) is 10.3. The number of methoxy groups -OCH3 is 1. The molecule has 0 atom stereocenters. The standard InChI is InChI=1S/C12H13N3O2S/c1-3-4-10-12(18-15-14-10)11(16)8-5-9(17-2)7-13-6-8/h5-7H,3-4H2,1-2H3. The van der Waals surface area contributed by atoms with Crippen LogP contribution >= 0.6 is 11.5 Å². The zero-order valence-corrected chi connectivity index (χ0v) is 11.0. The van der Waals surface area contributed by atoms with E-state index in [1.165, 1.54) is 6.20 Å². The van der Waals surface area contributed by atoms with Crippen LogP contribution in [0, 0.1) is 0 Å². The molecular weight excluding hydrogens is 250 g/mol. The van der Waals surface area contributed by atoms with E-state index in [0.29, 0.717) is 16.2 Å². The second-order valence-corrected chi connectivity index (χ2v) is 4.50. The molecule has 0 saturated heterocycles. The van der Waals surface area contributed by atoms with Gasteiger partial charge in [0.2, 0.25) is 5.78 Å². The third-order valence-corrected chi connectivity index (χ3v) is 3.23. The highest BCUT2D eigenvalue weighted by Gasteiger charge is 2.18. The molecule has 94 valence electrons. The van der Waals surface area contributed by atoms with Crippen molar-refractivity contribution < 1.29 is 9.53 Å². The quantitative estimate of drug-likeness (QED) is 0.773. The number of hydrogen-bond donors (Lipinski definition) is 0. The fourth-order valence-corrected chi connectivity index (χ4v) is 2.24. The molecule has 0 N–H and O–H groups in total. The second-order valence-electron chi connectivity index (χ2n) is 3.74. The van der Waals surface area contributed by atoms with E-state index >= 15 is 0 Å². The number of carbonyl (C=O) groups is 1. The predicted molar refractivity (Wildman–Crippen MR) is 68.1 cm³/mol. The lowest BCUT2D eigenvalue weighted by Gasteiger charge is -2.02. The lowest BCUT2D eigenvalue weighted by atomic mass is 10.1. The zero-order chi connectivity index (χ0) is 13.0. The lowest BCUT2D eigenvalue weighted by molar-refractivity contribution is 0.104. The highest BCUT2D eigenvalue weighted by molar-refractivity contribution is 7.08. The van der Waals surface area contributed by atoms with E-state index in [1.54, 1.807) is 19.4 Å². The molecule has 5 nitrogen and oxygen atoms in total. The molecular formula is C12H13N3O2S. The maximum atomic E-state index is 12.3. The van der Waals surface area contributed by atoms with Gasteiger partial charge in [0.25, 0.3) is 0 Å². The van der Waals surface area contributed by atoms with Crippen molar-refractivity contribution >= 4 is 17.3 Å². The molecule has 0 spiro atoms. The van der Waals surface area contributed by atoms with Gasteiger partial charge in [-0.1, -0.05) is 17.8 Å². The number of ether oxygens (including phenoxy) is 1. The minimum absolute atomic E-state index is 0.0974. The van der Waals surface area contributed by atoms with E-state index in [2.05, 4.69) is 14.6 Å². The van der Waals surface area contributed by atoms with Crippen LogP contribution in [-0.4, -0.2) is 27.5 Å². The molecule has 2 rings (SSSR count). The Labute approximate surface area is 109 Å². The van der Waals surface area contributed by atoms with Crippen LogP contribution < -0.4 is 4.74 Å². The number of aryl methyl sites for hydroxylation is 1. The number of pyridine rings is 1. The van der Waals surface area contributed by atoms with Crippen LogP contribution in [0.2, 0.25) is 0 Å². The van der Waals surface area contributed by atoms with Crippen molar-refractivity contribution in [1.82, 2.24) is 14.6 Å². The van der Waals surface area contributed by atoms with Crippen LogP contribution in [0.5, 0.6) is 5.75 Å². The van der Waals surface area contributed by atoms with Gasteiger partial charge in [0.15, 0.2) is 0 Å². The van der Waals surface area contributed by atoms with Gasteiger partial charge in [0.05, 0.1) is 19.0 Å². The number of rotatable bonds is 5. The summed E-state index contributed by atoms with van der Waals surface area (Å²) in [6, 6.07) is 1.67. The fourth-order valence-electron chi connectivity index (χ4n) is 1.57. The third kappa shape index (κ3) is 2.53. The summed E-state index contributed by atoms with van der Waals surface area (Å²) in [5.41, 5.74) is 1.26. The first-order valence-corrected chi connectivity index (χ1v) is 6.38. The van der Waals surface area contributed by atoms with Crippen molar-refractivity contribution in [3.05, 3.63) is 34.6 Å². The monoisotopic (exact) mass is 263 g/mol. The number of hydrogen-bond acceptors (Lipinski definition) is 6. The van der Waals surface area contributed by atoms with Crippen molar-refractivity contribution in [2.75, 3.05) is 7.11 Å². The Morgan fingerprint density at radius 3 is 3.00 bits per heavy atom. The topological polar surface area (TPSA) is 65.0 Å². The molecule has 0 amide bonds. The summed E-state index contributed by atoms with van der Waals surface area (Å²) in [6.07, 6.45) is 4.78. The Morgan fingerprint density at radius 1 is 1.44 bits per heavy atom. The van der Waals surface area contributed by atoms with E-state index < -0.39 is 0 Å².